The van der Waals surface area contributed by atoms with E-state index in [2.05, 4.69) is 0 Å². The van der Waals surface area contributed by atoms with Crippen LogP contribution in [0.3, 0.4) is 0 Å². The summed E-state index contributed by atoms with van der Waals surface area (Å²) in [6.45, 7) is 0. The van der Waals surface area contributed by atoms with Crippen molar-refractivity contribution in [2.45, 2.75) is 0 Å². The van der Waals surface area contributed by atoms with Gasteiger partial charge in [-0.15, -0.1) is 0 Å². The van der Waals surface area contributed by atoms with Crippen LogP contribution in [0.4, 0.5) is 0 Å². The molecule has 0 aromatic rings. The lowest BCUT2D eigenvalue weighted by molar-refractivity contribution is 5.95. The van der Waals surface area contributed by atoms with E-state index in [-0.39, 0.29) is 0 Å². The van der Waals surface area contributed by atoms with Gasteiger partial charge in [0.2, 0.25) is 0 Å². The van der Waals surface area contributed by atoms with E-state index < -0.39 is 0 Å². The molecule has 0 unspecified atom stereocenters. The van der Waals surface area contributed by atoms with Crippen LogP contribution in [0, 0.1) is 0 Å². The molecule has 134 heteroatoms. The van der Waals surface area contributed by atoms with E-state index >= 15 is 0 Å². The third kappa shape index (κ3) is 161. The molecule has 0 aliphatic carbocycles. The van der Waals surface area contributed by atoms with Crippen LogP contribution in [0.15, 0.2) is 0 Å². The Bertz CT molecular complexity index is 9970. The maximum atomic E-state index is 4.84. The molecule has 0 heterocycles. The monoisotopic (exact) mass is 4280 g/mol. The largest absolute Gasteiger partial charge is 0 e. The van der Waals surface area contributed by atoms with Crippen molar-refractivity contribution < 1.29 is 0 Å². The summed E-state index contributed by atoms with van der Waals surface area (Å²) in [5, 5.41) is 0. The molecule has 0 bridgehead atoms. The summed E-state index contributed by atoms with van der Waals surface area (Å²) < 4.78 is 0. The summed E-state index contributed by atoms with van der Waals surface area (Å²) in [5.74, 6) is 0. The molecule has 0 fully saturated rings. The van der Waals surface area contributed by atoms with Crippen LogP contribution in [-0.4, -0.2) is 0 Å². The van der Waals surface area contributed by atoms with Crippen LogP contribution >= 0.6 is 0 Å². The van der Waals surface area contributed by atoms with E-state index in [1.54, 1.807) is 107 Å². The molecule has 0 nitrogen and oxygen atoms in total. The first kappa shape index (κ1) is 163. The molecule has 0 saturated carbocycles. The minimum Gasteiger partial charge on any atom is 0 e. The second-order valence-corrected chi connectivity index (χ2v) is 242. The maximum Gasteiger partial charge on any atom is 0 e. The van der Waals surface area contributed by atoms with E-state index in [1.165, 1.54) is 17.8 Å². The topological polar surface area (TPSA) is 0 Å². The Balaban J connectivity index is 6.21. The highest BCUT2D eigenvalue weighted by Gasteiger charge is 1.54. The van der Waals surface area contributed by atoms with Gasteiger partial charge in [-0.3, -0.25) is 0 Å². The first-order chi connectivity index (χ1) is 66.9. The lowest BCUT2D eigenvalue weighted by atomic mass is 30.7. The summed E-state index contributed by atoms with van der Waals surface area (Å²) in [6, 6.07) is 0. The van der Waals surface area contributed by atoms with Crippen molar-refractivity contribution in [3.63, 3.8) is 0 Å². The molecule has 0 N–H and O–H groups in total. The molecule has 0 radical (unpaired) electrons. The van der Waals surface area contributed by atoms with Crippen LogP contribution in [0.1, 0.15) is 0 Å². The van der Waals surface area contributed by atoms with Gasteiger partial charge in [0.25, 0.3) is 0 Å². The normalized spacial score (nSPS) is 7.91. The summed E-state index contributed by atoms with van der Waals surface area (Å²) >= 11 is 9.67. The molecular weight excluding hydrogens is 4300 g/mol. The molecule has 0 aromatic heterocycles. The van der Waals surface area contributed by atoms with Crippen LogP contribution in [0.2, 0.25) is 0 Å². The Labute approximate surface area is 1160 Å². The fraction of sp³-hybridized carbons (Fsp3) is 0. The van der Waals surface area contributed by atoms with Crippen molar-refractivity contribution in [1.29, 1.82) is 0 Å². The third-order valence-electron chi connectivity index (χ3n) is 3.64. The molecule has 0 saturated heterocycles. The second kappa shape index (κ2) is 162. The molecular formula is S134. The molecule has 0 amide bonds. The highest BCUT2D eigenvalue weighted by molar-refractivity contribution is 8.91. The minimum absolute atomic E-state index is 1.37. The Kier molecular flexibility index (Phi) is 198. The quantitative estimate of drug-likeness (QED) is 0.327. The summed E-state index contributed by atoms with van der Waals surface area (Å²) in [6.07, 6.45) is 0. The van der Waals surface area contributed by atoms with E-state index in [0.717, 1.165) is 0 Å². The van der Waals surface area contributed by atoms with Gasteiger partial charge in [-0.2, -0.15) is 0 Å². The van der Waals surface area contributed by atoms with Crippen molar-refractivity contribution in [1.82, 2.24) is 0 Å². The van der Waals surface area contributed by atoms with Gasteiger partial charge in [-0.1, -0.05) is 0 Å². The van der Waals surface area contributed by atoms with Gasteiger partial charge in [-0.25, -0.2) is 0 Å². The second-order valence-electron chi connectivity index (χ2n) is 8.98. The zero-order valence-corrected chi connectivity index (χ0v) is 164. The van der Waals surface area contributed by atoms with Crippen molar-refractivity contribution in [2.75, 3.05) is 0 Å². The molecule has 0 spiro atoms. The van der Waals surface area contributed by atoms with Gasteiger partial charge in [0.1, 0.15) is 0 Å². The smallest absolute Gasteiger partial charge is 0 e. The van der Waals surface area contributed by atoms with Crippen molar-refractivity contribution in [3.8, 4) is 0 Å². The summed E-state index contributed by atoms with van der Waals surface area (Å²) in [4.78, 5) is 0. The molecule has 0 aliphatic heterocycles. The highest BCUT2D eigenvalue weighted by Crippen LogP contribution is 1.54. The van der Waals surface area contributed by atoms with Crippen LogP contribution < -0.4 is 0 Å². The van der Waals surface area contributed by atoms with Gasteiger partial charge in [0.05, 0.1) is 0 Å². The number of hydrogen-bond acceptors (Lipinski definition) is 2. The predicted molar refractivity (Wildman–Crippen MR) is 987 cm³/mol. The average Bonchev–Trinajstić information content (AvgIpc) is 1.13. The van der Waals surface area contributed by atoms with Crippen LogP contribution in [0.5, 0.6) is 0 Å². The van der Waals surface area contributed by atoms with E-state index in [4.69, 9.17) is 22.4 Å². The molecule has 0 aliphatic rings. The Morgan fingerprint density at radius 2 is 0.0597 bits per heavy atom. The molecule has 134 heavy (non-hydrogen) atoms. The highest BCUT2D eigenvalue weighted by atomic mass is 33.6. The Morgan fingerprint density at radius 1 is 0.0373 bits per heavy atom. The molecule has 0 rings (SSSR count). The van der Waals surface area contributed by atoms with Crippen molar-refractivity contribution in [2.24, 2.45) is 0 Å². The zero-order valence-electron chi connectivity index (χ0n) is 54.7. The van der Waals surface area contributed by atoms with Crippen LogP contribution in [-0.2, 0) is 1190 Å². The number of rotatable bonds is 0. The standard InChI is InChI=1S/S134/c1-3-5-7-9-11-13-15-17-19-21-23-25-27-29-31-33-35-37-39-41-43-45-47-49-51-53-55-57-59-61-63-65-67-69-71-73-75-77-79-81-83-85-87-89-91-93-95-97-99-101-103-105-107-109-111-113-115-117-119-121-123-125-127-129-131-133-134-132-130-128-126-124-122-120-118-116-114-112-110-108-106-104-102-100-98-96-94-92-90-88-86-84-82-80-78-76-74-72-70-68-66-64-62-60-58-56-54-52-50-48-46-44-42-40-38-36-34-32-30-28-26-24-22-20-18-16-14-12-10-8-6-4-2. The lowest BCUT2D eigenvalue weighted by Crippen LogP contribution is -1.42. The zero-order chi connectivity index (χ0) is 95.3. The first-order valence-electron chi connectivity index (χ1n) is 22.2. The van der Waals surface area contributed by atoms with Gasteiger partial charge < -0.3 is 0 Å². The third-order valence-corrected chi connectivity index (χ3v) is 295. The Hall–Kier alpha value is 29.5. The molecule has 804 valence electrons. The van der Waals surface area contributed by atoms with Gasteiger partial charge in [0, 0.05) is 1190 Å². The van der Waals surface area contributed by atoms with Gasteiger partial charge >= 0.3 is 0 Å². The molecule has 0 aromatic carbocycles. The minimum atomic E-state index is 1.37. The number of hydrogen-bond donors (Lipinski definition) is 0. The first-order valence-corrected chi connectivity index (χ1v) is 199. The fourth-order valence-corrected chi connectivity index (χ4v) is 358. The fourth-order valence-electron chi connectivity index (χ4n) is 1.47. The SMILES string of the molecule is S=S=S=S=S=S=S=S=S=S=S=S=S=S=S=S=S=S=S=S=S=S=S=S=S=S=S=S=S=S=S=S=S=S=S=S=S=S=S=S=S=S=S=S=S=S=S=S=S=S=S=S=S=S=S=S=S=S=S=S=S=S=S=S=S=S=S=S=S=S=S=S=S=S=S=S=S=S=S=S=S=S=S=S=S=S=S=S=S=S=S=S=S=S=S=S=S=S=S=S=S=S=S=S=S=S=S=S=S=S=S=S=S=S=S=S=S=S=S=S=S=S=S=S=S=S=S=S=S=S=S=S=S=S. The lowest BCUT2D eigenvalue weighted by Gasteiger charge is -1.41. The van der Waals surface area contributed by atoms with Gasteiger partial charge in [-0.05, 0) is 0 Å². The van der Waals surface area contributed by atoms with E-state index in [0.29, 0.717) is 0 Å². The summed E-state index contributed by atoms with van der Waals surface area (Å²) in [7, 11) is 240. The molecule has 0 atom stereocenters. The predicted octanol–water partition coefficient (Wildman–Crippen LogP) is -0.322. The van der Waals surface area contributed by atoms with Crippen molar-refractivity contribution >= 4 is 1190 Å². The Morgan fingerprint density at radius 3 is 0.0821 bits per heavy atom. The van der Waals surface area contributed by atoms with E-state index in [9.17, 15) is 0 Å². The summed E-state index contributed by atoms with van der Waals surface area (Å²) in [5.41, 5.74) is 0. The van der Waals surface area contributed by atoms with E-state index in [1.807, 2.05) is 1050 Å². The van der Waals surface area contributed by atoms with Crippen LogP contribution in [0.25, 0.3) is 0 Å². The van der Waals surface area contributed by atoms with Crippen molar-refractivity contribution in [3.05, 3.63) is 0 Å². The maximum absolute atomic E-state index is 4.84. The van der Waals surface area contributed by atoms with Gasteiger partial charge in [0.15, 0.2) is 0 Å². The average molecular weight is 4300 g/mol.